The smallest absolute Gasteiger partial charge is 0.407 e. The molecule has 0 radical (unpaired) electrons. The number of carboxylic acid groups (broad SMARTS) is 1. The topological polar surface area (TPSA) is 95.9 Å². The number of likely N-dealkylation sites (tertiary alicyclic amines) is 1. The van der Waals surface area contributed by atoms with Crippen LogP contribution >= 0.6 is 0 Å². The van der Waals surface area contributed by atoms with Gasteiger partial charge in [-0.1, -0.05) is 54.6 Å². The molecular weight excluding hydrogens is 384 g/mol. The zero-order valence-corrected chi connectivity index (χ0v) is 16.3. The van der Waals surface area contributed by atoms with Crippen LogP contribution in [-0.4, -0.2) is 54.2 Å². The van der Waals surface area contributed by atoms with E-state index in [0.717, 1.165) is 11.1 Å². The fraction of sp³-hybridized carbons (Fsp3) is 0.261. The summed E-state index contributed by atoms with van der Waals surface area (Å²) in [5.41, 5.74) is 4.62. The van der Waals surface area contributed by atoms with Gasteiger partial charge in [0.05, 0.1) is 5.92 Å². The second kappa shape index (κ2) is 8.41. The number of alkyl carbamates (subject to hydrolysis) is 1. The van der Waals surface area contributed by atoms with E-state index >= 15 is 0 Å². The Morgan fingerprint density at radius 3 is 2.23 bits per heavy atom. The zero-order chi connectivity index (χ0) is 21.1. The number of rotatable bonds is 6. The molecular formula is C23H22N2O5. The number of hydrogen-bond donors (Lipinski definition) is 2. The molecule has 2 aromatic carbocycles. The minimum absolute atomic E-state index is 0.00568. The highest BCUT2D eigenvalue weighted by Crippen LogP contribution is 2.44. The molecule has 1 fully saturated rings. The molecule has 4 rings (SSSR count). The summed E-state index contributed by atoms with van der Waals surface area (Å²) >= 11 is 0. The number of ether oxygens (including phenoxy) is 1. The molecule has 7 nitrogen and oxygen atoms in total. The summed E-state index contributed by atoms with van der Waals surface area (Å²) in [6.07, 6.45) is 2.31. The fourth-order valence-corrected chi connectivity index (χ4v) is 3.87. The Hall–Kier alpha value is -3.61. The number of nitrogens with one attached hydrogen (secondary N) is 1. The number of fused-ring (bicyclic) bond motifs is 3. The largest absolute Gasteiger partial charge is 0.481 e. The van der Waals surface area contributed by atoms with Crippen molar-refractivity contribution in [2.24, 2.45) is 5.92 Å². The summed E-state index contributed by atoms with van der Waals surface area (Å²) in [4.78, 5) is 36.1. The van der Waals surface area contributed by atoms with Crippen LogP contribution in [0.1, 0.15) is 17.0 Å². The molecule has 0 spiro atoms. The second-order valence-electron chi connectivity index (χ2n) is 7.39. The number of benzene rings is 2. The average Bonchev–Trinajstić information content (AvgIpc) is 3.02. The minimum Gasteiger partial charge on any atom is -0.481 e. The van der Waals surface area contributed by atoms with E-state index < -0.39 is 18.0 Å². The van der Waals surface area contributed by atoms with Crippen LogP contribution in [0.4, 0.5) is 4.79 Å². The molecule has 1 saturated heterocycles. The predicted octanol–water partition coefficient (Wildman–Crippen LogP) is 2.62. The Balaban J connectivity index is 1.25. The summed E-state index contributed by atoms with van der Waals surface area (Å²) in [5.74, 6) is -1.64. The molecule has 0 atom stereocenters. The zero-order valence-electron chi connectivity index (χ0n) is 16.3. The first-order valence-corrected chi connectivity index (χ1v) is 9.81. The van der Waals surface area contributed by atoms with Crippen molar-refractivity contribution in [2.45, 2.75) is 5.92 Å². The molecule has 2 aliphatic rings. The lowest BCUT2D eigenvalue weighted by Gasteiger charge is -2.35. The Morgan fingerprint density at radius 2 is 1.63 bits per heavy atom. The van der Waals surface area contributed by atoms with Gasteiger partial charge in [0, 0.05) is 31.6 Å². The lowest BCUT2D eigenvalue weighted by atomic mass is 9.98. The van der Waals surface area contributed by atoms with Crippen LogP contribution in [0.15, 0.2) is 60.7 Å². The van der Waals surface area contributed by atoms with Crippen molar-refractivity contribution in [2.75, 3.05) is 26.2 Å². The lowest BCUT2D eigenvalue weighted by Crippen LogP contribution is -2.52. The van der Waals surface area contributed by atoms with Crippen molar-refractivity contribution in [3.63, 3.8) is 0 Å². The van der Waals surface area contributed by atoms with Crippen molar-refractivity contribution in [1.29, 1.82) is 0 Å². The highest BCUT2D eigenvalue weighted by molar-refractivity contribution is 5.89. The number of hydrogen-bond acceptors (Lipinski definition) is 4. The van der Waals surface area contributed by atoms with E-state index in [-0.39, 0.29) is 38.1 Å². The first-order valence-electron chi connectivity index (χ1n) is 9.81. The molecule has 2 aromatic rings. The summed E-state index contributed by atoms with van der Waals surface area (Å²) in [6.45, 7) is 0.822. The van der Waals surface area contributed by atoms with Gasteiger partial charge in [-0.25, -0.2) is 4.79 Å². The highest BCUT2D eigenvalue weighted by atomic mass is 16.5. The summed E-state index contributed by atoms with van der Waals surface area (Å²) in [6, 6.07) is 16.2. The maximum atomic E-state index is 12.1. The van der Waals surface area contributed by atoms with E-state index in [9.17, 15) is 14.4 Å². The number of carbonyl (C=O) groups is 3. The van der Waals surface area contributed by atoms with E-state index in [1.807, 2.05) is 24.3 Å². The molecule has 0 bridgehead atoms. The maximum Gasteiger partial charge on any atom is 0.407 e. The van der Waals surface area contributed by atoms with Crippen molar-refractivity contribution < 1.29 is 24.2 Å². The van der Waals surface area contributed by atoms with Gasteiger partial charge in [0.2, 0.25) is 5.91 Å². The van der Waals surface area contributed by atoms with Gasteiger partial charge in [-0.3, -0.25) is 9.59 Å². The predicted molar refractivity (Wildman–Crippen MR) is 110 cm³/mol. The molecule has 154 valence electrons. The van der Waals surface area contributed by atoms with Crippen LogP contribution < -0.4 is 5.32 Å². The molecule has 2 amide bonds. The van der Waals surface area contributed by atoms with Gasteiger partial charge in [-0.15, -0.1) is 0 Å². The molecule has 0 aromatic heterocycles. The third kappa shape index (κ3) is 3.91. The summed E-state index contributed by atoms with van der Waals surface area (Å²) in [5, 5.41) is 11.4. The van der Waals surface area contributed by atoms with Gasteiger partial charge in [0.15, 0.2) is 0 Å². The molecule has 7 heteroatoms. The average molecular weight is 406 g/mol. The summed E-state index contributed by atoms with van der Waals surface area (Å²) < 4.78 is 5.42. The van der Waals surface area contributed by atoms with E-state index in [2.05, 4.69) is 29.6 Å². The van der Waals surface area contributed by atoms with E-state index in [1.165, 1.54) is 28.2 Å². The third-order valence-electron chi connectivity index (χ3n) is 5.51. The van der Waals surface area contributed by atoms with Crippen molar-refractivity contribution in [3.05, 3.63) is 71.8 Å². The molecule has 0 saturated carbocycles. The molecule has 30 heavy (non-hydrogen) atoms. The Labute approximate surface area is 174 Å². The minimum atomic E-state index is -0.889. The van der Waals surface area contributed by atoms with E-state index in [4.69, 9.17) is 9.84 Å². The maximum absolute atomic E-state index is 12.1. The molecule has 1 aliphatic heterocycles. The van der Waals surface area contributed by atoms with Crippen LogP contribution in [0.25, 0.3) is 11.1 Å². The van der Waals surface area contributed by atoms with Gasteiger partial charge in [0.25, 0.3) is 0 Å². The van der Waals surface area contributed by atoms with Gasteiger partial charge >= 0.3 is 12.1 Å². The van der Waals surface area contributed by atoms with E-state index in [0.29, 0.717) is 0 Å². The Kier molecular flexibility index (Phi) is 5.52. The highest BCUT2D eigenvalue weighted by Gasteiger charge is 2.34. The van der Waals surface area contributed by atoms with E-state index in [1.54, 1.807) is 0 Å². The van der Waals surface area contributed by atoms with Crippen LogP contribution in [-0.2, 0) is 14.3 Å². The van der Waals surface area contributed by atoms with Crippen LogP contribution in [0.3, 0.4) is 0 Å². The second-order valence-corrected chi connectivity index (χ2v) is 7.39. The number of nitrogens with zero attached hydrogens (tertiary/aromatic N) is 1. The van der Waals surface area contributed by atoms with Gasteiger partial charge in [-0.05, 0) is 22.3 Å². The van der Waals surface area contributed by atoms with Gasteiger partial charge < -0.3 is 20.1 Å². The number of aliphatic carboxylic acids is 1. The third-order valence-corrected chi connectivity index (χ3v) is 5.51. The molecule has 1 heterocycles. The Bertz CT molecular complexity index is 965. The normalized spacial score (nSPS) is 15.4. The standard InChI is InChI=1S/C23H22N2O5/c26-21(25-12-15(13-25)22(27)28)10-5-11-24-23(29)30-14-20-18-8-3-1-6-16(18)17-7-2-4-9-19(17)20/h1-10,15,20H,11-14H2,(H,24,29)(H,27,28)/b10-5+. The molecule has 1 aliphatic carbocycles. The van der Waals surface area contributed by atoms with Crippen LogP contribution in [0.5, 0.6) is 0 Å². The van der Waals surface area contributed by atoms with Crippen molar-refractivity contribution >= 4 is 18.0 Å². The number of carbonyl (C=O) groups excluding carboxylic acids is 2. The van der Waals surface area contributed by atoms with Gasteiger partial charge in [-0.2, -0.15) is 0 Å². The van der Waals surface area contributed by atoms with Gasteiger partial charge in [0.1, 0.15) is 6.61 Å². The SMILES string of the molecule is O=C(NC/C=C/C(=O)N1CC(C(=O)O)C1)OCC1c2ccccc2-c2ccccc21. The quantitative estimate of drug-likeness (QED) is 0.719. The van der Waals surface area contributed by atoms with Crippen molar-refractivity contribution in [1.82, 2.24) is 10.2 Å². The lowest BCUT2D eigenvalue weighted by molar-refractivity contribution is -0.151. The van der Waals surface area contributed by atoms with Crippen molar-refractivity contribution in [3.8, 4) is 11.1 Å². The fourth-order valence-electron chi connectivity index (χ4n) is 3.87. The Morgan fingerprint density at radius 1 is 1.03 bits per heavy atom. The summed E-state index contributed by atoms with van der Waals surface area (Å²) in [7, 11) is 0. The molecule has 0 unspecified atom stereocenters. The first-order chi connectivity index (χ1) is 14.5. The monoisotopic (exact) mass is 406 g/mol. The first kappa shape index (κ1) is 19.7. The van der Waals surface area contributed by atoms with Crippen LogP contribution in [0.2, 0.25) is 0 Å². The number of carboxylic acids is 1. The van der Waals surface area contributed by atoms with Crippen LogP contribution in [0, 0.1) is 5.92 Å². The number of amides is 2. The molecule has 2 N–H and O–H groups in total.